The number of aliphatic hydroxyl groups is 1. The predicted octanol–water partition coefficient (Wildman–Crippen LogP) is 7.24. The molecule has 4 aromatic carbocycles. The molecule has 1 unspecified atom stereocenters. The zero-order valence-corrected chi connectivity index (χ0v) is 20.5. The maximum atomic E-state index is 13.3. The Bertz CT molecular complexity index is 1430. The van der Waals surface area contributed by atoms with E-state index in [1.165, 1.54) is 11.8 Å². The van der Waals surface area contributed by atoms with E-state index in [1.807, 2.05) is 105 Å². The van der Waals surface area contributed by atoms with E-state index in [0.29, 0.717) is 5.75 Å². The van der Waals surface area contributed by atoms with Gasteiger partial charge in [-0.3, -0.25) is 0 Å². The van der Waals surface area contributed by atoms with Crippen LogP contribution in [0.5, 0.6) is 5.75 Å². The van der Waals surface area contributed by atoms with Gasteiger partial charge in [-0.05, 0) is 59.5 Å². The molecule has 1 aliphatic heterocycles. The molecule has 0 fully saturated rings. The molecule has 176 valence electrons. The lowest BCUT2D eigenvalue weighted by Crippen LogP contribution is -2.42. The largest absolute Gasteiger partial charge is 0.511 e. The maximum Gasteiger partial charge on any atom is 0.349 e. The highest BCUT2D eigenvalue weighted by Crippen LogP contribution is 2.43. The van der Waals surface area contributed by atoms with E-state index in [4.69, 9.17) is 9.47 Å². The topological polar surface area (TPSA) is 55.8 Å². The molecule has 1 N–H and O–H groups in total. The van der Waals surface area contributed by atoms with Gasteiger partial charge in [-0.1, -0.05) is 84.6 Å². The molecule has 0 spiro atoms. The van der Waals surface area contributed by atoms with E-state index in [-0.39, 0.29) is 23.7 Å². The number of aryl methyl sites for hydroxylation is 2. The first-order chi connectivity index (χ1) is 16.9. The summed E-state index contributed by atoms with van der Waals surface area (Å²) in [6.07, 6.45) is 0.129. The summed E-state index contributed by atoms with van der Waals surface area (Å²) >= 11 is 1.25. The van der Waals surface area contributed by atoms with Crippen LogP contribution in [0.15, 0.2) is 107 Å². The minimum absolute atomic E-state index is 0.0121. The predicted molar refractivity (Wildman–Crippen MR) is 140 cm³/mol. The van der Waals surface area contributed by atoms with E-state index in [2.05, 4.69) is 0 Å². The fraction of sp³-hybridized carbons (Fsp3) is 0.167. The van der Waals surface area contributed by atoms with Crippen LogP contribution in [0.4, 0.5) is 0 Å². The summed E-state index contributed by atoms with van der Waals surface area (Å²) in [6.45, 7) is 4.06. The van der Waals surface area contributed by atoms with Crippen molar-refractivity contribution in [3.05, 3.63) is 118 Å². The second-order valence-electron chi connectivity index (χ2n) is 8.87. The summed E-state index contributed by atoms with van der Waals surface area (Å²) in [6, 6.07) is 29.5. The van der Waals surface area contributed by atoms with E-state index < -0.39 is 11.6 Å². The SMILES string of the molecule is Cc1ccc(C)c(SC2=C(O)CC(COc3ccc4ccccc4c3)(c3ccccc3)OC2=O)c1. The first-order valence-electron chi connectivity index (χ1n) is 11.5. The Morgan fingerprint density at radius 3 is 2.43 bits per heavy atom. The Hall–Kier alpha value is -3.70. The highest BCUT2D eigenvalue weighted by molar-refractivity contribution is 8.04. The third-order valence-corrected chi connectivity index (χ3v) is 7.50. The van der Waals surface area contributed by atoms with Crippen molar-refractivity contribution in [2.75, 3.05) is 6.61 Å². The molecule has 1 atom stereocenters. The number of rotatable bonds is 6. The molecule has 0 saturated heterocycles. The van der Waals surface area contributed by atoms with Crippen molar-refractivity contribution in [2.24, 2.45) is 0 Å². The van der Waals surface area contributed by atoms with Gasteiger partial charge in [-0.15, -0.1) is 0 Å². The number of carbonyl (C=O) groups excluding carboxylic acids is 1. The number of carbonyl (C=O) groups is 1. The van der Waals surface area contributed by atoms with Gasteiger partial charge in [-0.2, -0.15) is 0 Å². The Balaban J connectivity index is 1.46. The molecule has 5 heteroatoms. The second-order valence-corrected chi connectivity index (χ2v) is 9.92. The van der Waals surface area contributed by atoms with Crippen molar-refractivity contribution in [1.82, 2.24) is 0 Å². The van der Waals surface area contributed by atoms with Gasteiger partial charge in [0.2, 0.25) is 0 Å². The van der Waals surface area contributed by atoms with Crippen LogP contribution < -0.4 is 4.74 Å². The van der Waals surface area contributed by atoms with Gasteiger partial charge in [0.25, 0.3) is 0 Å². The smallest absolute Gasteiger partial charge is 0.349 e. The third-order valence-electron chi connectivity index (χ3n) is 6.24. The first-order valence-corrected chi connectivity index (χ1v) is 12.3. The Morgan fingerprint density at radius 1 is 0.914 bits per heavy atom. The third kappa shape index (κ3) is 4.77. The summed E-state index contributed by atoms with van der Waals surface area (Å²) in [7, 11) is 0. The van der Waals surface area contributed by atoms with Crippen molar-refractivity contribution in [3.8, 4) is 5.75 Å². The minimum atomic E-state index is -1.14. The number of ether oxygens (including phenoxy) is 2. The van der Waals surface area contributed by atoms with Crippen molar-refractivity contribution in [1.29, 1.82) is 0 Å². The van der Waals surface area contributed by atoms with Crippen LogP contribution in [0.3, 0.4) is 0 Å². The summed E-state index contributed by atoms with van der Waals surface area (Å²) < 4.78 is 12.3. The number of hydrogen-bond donors (Lipinski definition) is 1. The Morgan fingerprint density at radius 2 is 1.66 bits per heavy atom. The molecule has 35 heavy (non-hydrogen) atoms. The lowest BCUT2D eigenvalue weighted by atomic mass is 9.88. The molecule has 0 radical (unpaired) electrons. The van der Waals surface area contributed by atoms with Gasteiger partial charge in [0.15, 0.2) is 5.60 Å². The molecular formula is C30H26O4S. The van der Waals surface area contributed by atoms with Crippen LogP contribution in [0, 0.1) is 13.8 Å². The number of benzene rings is 4. The lowest BCUT2D eigenvalue weighted by Gasteiger charge is -2.37. The summed E-state index contributed by atoms with van der Waals surface area (Å²) in [5, 5.41) is 13.3. The molecule has 0 saturated carbocycles. The first kappa shape index (κ1) is 23.1. The zero-order valence-electron chi connectivity index (χ0n) is 19.7. The van der Waals surface area contributed by atoms with Crippen LogP contribution in [0.25, 0.3) is 10.8 Å². The average Bonchev–Trinajstić information content (AvgIpc) is 2.87. The number of esters is 1. The Labute approximate surface area is 209 Å². The zero-order chi connectivity index (χ0) is 24.4. The average molecular weight is 483 g/mol. The molecular weight excluding hydrogens is 456 g/mol. The highest BCUT2D eigenvalue weighted by Gasteiger charge is 2.45. The standard InChI is InChI=1S/C30H26O4S/c1-20-12-13-21(2)27(16-20)35-28-26(31)18-30(34-29(28)32,24-10-4-3-5-11-24)19-33-25-15-14-22-8-6-7-9-23(22)17-25/h3-17,31H,18-19H2,1-2H3. The number of thioether (sulfide) groups is 1. The van der Waals surface area contributed by atoms with Gasteiger partial charge in [0, 0.05) is 4.90 Å². The van der Waals surface area contributed by atoms with Gasteiger partial charge in [-0.25, -0.2) is 4.79 Å². The van der Waals surface area contributed by atoms with Gasteiger partial charge >= 0.3 is 5.97 Å². The summed E-state index contributed by atoms with van der Waals surface area (Å²) in [4.78, 5) is 14.4. The Kier molecular flexibility index (Phi) is 6.27. The van der Waals surface area contributed by atoms with Gasteiger partial charge in [0.05, 0.1) is 6.42 Å². The van der Waals surface area contributed by atoms with Crippen LogP contribution in [-0.4, -0.2) is 17.7 Å². The van der Waals surface area contributed by atoms with E-state index in [0.717, 1.165) is 32.4 Å². The van der Waals surface area contributed by atoms with E-state index in [1.54, 1.807) is 0 Å². The highest BCUT2D eigenvalue weighted by atomic mass is 32.2. The van der Waals surface area contributed by atoms with Crippen LogP contribution in [0.2, 0.25) is 0 Å². The monoisotopic (exact) mass is 482 g/mol. The van der Waals surface area contributed by atoms with Crippen molar-refractivity contribution < 1.29 is 19.4 Å². The van der Waals surface area contributed by atoms with Crippen LogP contribution in [-0.2, 0) is 15.1 Å². The number of aliphatic hydroxyl groups excluding tert-OH is 1. The van der Waals surface area contributed by atoms with Gasteiger partial charge in [0.1, 0.15) is 23.0 Å². The molecule has 1 aliphatic rings. The summed E-state index contributed by atoms with van der Waals surface area (Å²) in [5.74, 6) is 0.137. The van der Waals surface area contributed by atoms with Crippen LogP contribution >= 0.6 is 11.8 Å². The quantitative estimate of drug-likeness (QED) is 0.294. The van der Waals surface area contributed by atoms with Crippen molar-refractivity contribution in [2.45, 2.75) is 30.8 Å². The van der Waals surface area contributed by atoms with Crippen molar-refractivity contribution in [3.63, 3.8) is 0 Å². The second kappa shape index (κ2) is 9.51. The maximum absolute atomic E-state index is 13.3. The fourth-order valence-electron chi connectivity index (χ4n) is 4.28. The van der Waals surface area contributed by atoms with Crippen LogP contribution in [0.1, 0.15) is 23.1 Å². The minimum Gasteiger partial charge on any atom is -0.511 e. The molecule has 4 aromatic rings. The number of fused-ring (bicyclic) bond motifs is 1. The molecule has 0 aromatic heterocycles. The fourth-order valence-corrected chi connectivity index (χ4v) is 5.29. The normalized spacial score (nSPS) is 17.9. The number of hydrogen-bond acceptors (Lipinski definition) is 5. The number of cyclic esters (lactones) is 1. The lowest BCUT2D eigenvalue weighted by molar-refractivity contribution is -0.163. The molecule has 5 rings (SSSR count). The molecule has 0 bridgehead atoms. The molecule has 0 amide bonds. The molecule has 0 aliphatic carbocycles. The van der Waals surface area contributed by atoms with E-state index >= 15 is 0 Å². The van der Waals surface area contributed by atoms with Gasteiger partial charge < -0.3 is 14.6 Å². The summed E-state index contributed by atoms with van der Waals surface area (Å²) in [5.41, 5.74) is 1.76. The van der Waals surface area contributed by atoms with Crippen molar-refractivity contribution >= 4 is 28.5 Å². The molecule has 4 nitrogen and oxygen atoms in total. The van der Waals surface area contributed by atoms with E-state index in [9.17, 15) is 9.90 Å². The molecule has 1 heterocycles.